The Labute approximate surface area is 137 Å². The third-order valence-electron chi connectivity index (χ3n) is 4.78. The smallest absolute Gasteiger partial charge is 0.245 e. The predicted octanol–water partition coefficient (Wildman–Crippen LogP) is 0.724. The van der Waals surface area contributed by atoms with Gasteiger partial charge in [-0.05, 0) is 25.7 Å². The normalized spacial score (nSPS) is 28.6. The number of aliphatic hydroxyl groups excluding tert-OH is 2. The number of hydrogen-bond acceptors (Lipinski definition) is 4. The van der Waals surface area contributed by atoms with Gasteiger partial charge in [0.05, 0.1) is 12.6 Å². The van der Waals surface area contributed by atoms with Crippen molar-refractivity contribution in [2.24, 2.45) is 0 Å². The first-order valence-electron chi connectivity index (χ1n) is 8.61. The first kappa shape index (κ1) is 17.9. The van der Waals surface area contributed by atoms with Crippen LogP contribution in [0.5, 0.6) is 0 Å². The van der Waals surface area contributed by atoms with Crippen LogP contribution < -0.4 is 5.32 Å². The lowest BCUT2D eigenvalue weighted by Crippen LogP contribution is -2.53. The molecule has 0 bridgehead atoms. The Kier molecular flexibility index (Phi) is 6.59. The van der Waals surface area contributed by atoms with Crippen molar-refractivity contribution >= 4 is 11.8 Å². The van der Waals surface area contributed by atoms with Crippen LogP contribution in [0.4, 0.5) is 0 Å². The second kappa shape index (κ2) is 8.45. The van der Waals surface area contributed by atoms with E-state index in [0.29, 0.717) is 12.8 Å². The molecule has 0 aromatic carbocycles. The Morgan fingerprint density at radius 1 is 1.22 bits per heavy atom. The van der Waals surface area contributed by atoms with Crippen LogP contribution >= 0.6 is 0 Å². The molecule has 0 spiro atoms. The van der Waals surface area contributed by atoms with Crippen LogP contribution in [0, 0.1) is 0 Å². The van der Waals surface area contributed by atoms with Crippen molar-refractivity contribution in [3.63, 3.8) is 0 Å². The summed E-state index contributed by atoms with van der Waals surface area (Å²) in [5, 5.41) is 22.9. The van der Waals surface area contributed by atoms with Gasteiger partial charge < -0.3 is 20.4 Å². The Morgan fingerprint density at radius 2 is 1.91 bits per heavy atom. The number of hydrogen-bond donors (Lipinski definition) is 3. The van der Waals surface area contributed by atoms with Gasteiger partial charge in [-0.2, -0.15) is 0 Å². The van der Waals surface area contributed by atoms with E-state index in [0.717, 1.165) is 32.1 Å². The summed E-state index contributed by atoms with van der Waals surface area (Å²) in [6.45, 7) is 3.63. The minimum atomic E-state index is -1.22. The molecule has 6 heteroatoms. The average molecular weight is 324 g/mol. The Hall–Kier alpha value is -1.40. The molecule has 130 valence electrons. The number of β-amino-alcohol motifs (C(OH)–C–C–N with tert-alkyl or cyclic N) is 1. The first-order valence-corrected chi connectivity index (χ1v) is 8.61. The molecule has 1 heterocycles. The van der Waals surface area contributed by atoms with Crippen LogP contribution in [-0.4, -0.2) is 57.8 Å². The van der Waals surface area contributed by atoms with E-state index < -0.39 is 18.2 Å². The molecule has 23 heavy (non-hydrogen) atoms. The highest BCUT2D eigenvalue weighted by molar-refractivity contribution is 5.89. The van der Waals surface area contributed by atoms with Crippen molar-refractivity contribution in [1.82, 2.24) is 10.2 Å². The number of nitrogens with one attached hydrogen (secondary N) is 1. The summed E-state index contributed by atoms with van der Waals surface area (Å²) in [6, 6.07) is -0.873. The van der Waals surface area contributed by atoms with E-state index in [4.69, 9.17) is 0 Å². The molecule has 0 aromatic heterocycles. The number of carbonyl (C=O) groups excluding carboxylic acids is 2. The third-order valence-corrected chi connectivity index (χ3v) is 4.78. The zero-order chi connectivity index (χ0) is 16.8. The van der Waals surface area contributed by atoms with Crippen molar-refractivity contribution in [2.75, 3.05) is 6.54 Å². The van der Waals surface area contributed by atoms with Gasteiger partial charge in [-0.25, -0.2) is 0 Å². The molecule has 2 rings (SSSR count). The van der Waals surface area contributed by atoms with Crippen LogP contribution in [0.15, 0.2) is 12.7 Å². The number of allylic oxidation sites excluding steroid dienone is 1. The van der Waals surface area contributed by atoms with Crippen molar-refractivity contribution in [3.05, 3.63) is 12.7 Å². The van der Waals surface area contributed by atoms with Gasteiger partial charge in [0.25, 0.3) is 0 Å². The van der Waals surface area contributed by atoms with Gasteiger partial charge in [-0.3, -0.25) is 9.59 Å². The summed E-state index contributed by atoms with van der Waals surface area (Å²) in [6.07, 6.45) is 6.36. The molecule has 0 aromatic rings. The van der Waals surface area contributed by atoms with Gasteiger partial charge in [0, 0.05) is 12.5 Å². The van der Waals surface area contributed by atoms with Gasteiger partial charge in [0.15, 0.2) is 0 Å². The molecular weight excluding hydrogens is 296 g/mol. The maximum absolute atomic E-state index is 12.5. The summed E-state index contributed by atoms with van der Waals surface area (Å²) >= 11 is 0. The fourth-order valence-corrected chi connectivity index (χ4v) is 3.45. The number of unbranched alkanes of at least 4 members (excludes halogenated alkanes) is 1. The van der Waals surface area contributed by atoms with Crippen molar-refractivity contribution in [1.29, 1.82) is 0 Å². The van der Waals surface area contributed by atoms with E-state index >= 15 is 0 Å². The van der Waals surface area contributed by atoms with E-state index in [9.17, 15) is 19.8 Å². The summed E-state index contributed by atoms with van der Waals surface area (Å²) in [5.74, 6) is -0.552. The van der Waals surface area contributed by atoms with E-state index in [1.165, 1.54) is 11.3 Å². The largest absolute Gasteiger partial charge is 0.388 e. The highest BCUT2D eigenvalue weighted by atomic mass is 16.3. The summed E-state index contributed by atoms with van der Waals surface area (Å²) in [4.78, 5) is 26.2. The average Bonchev–Trinajstić information content (AvgIpc) is 2.84. The number of carbonyl (C=O) groups is 2. The predicted molar refractivity (Wildman–Crippen MR) is 86.6 cm³/mol. The maximum Gasteiger partial charge on any atom is 0.245 e. The molecule has 0 unspecified atom stereocenters. The van der Waals surface area contributed by atoms with Crippen molar-refractivity contribution < 1.29 is 19.8 Å². The molecule has 1 saturated carbocycles. The molecule has 1 saturated heterocycles. The van der Waals surface area contributed by atoms with Gasteiger partial charge in [0.1, 0.15) is 12.1 Å². The molecule has 1 aliphatic carbocycles. The lowest BCUT2D eigenvalue weighted by Gasteiger charge is -2.29. The van der Waals surface area contributed by atoms with E-state index in [1.54, 1.807) is 6.08 Å². The minimum absolute atomic E-state index is 0.0108. The van der Waals surface area contributed by atoms with Crippen LogP contribution in [-0.2, 0) is 9.59 Å². The van der Waals surface area contributed by atoms with Gasteiger partial charge in [0.2, 0.25) is 11.8 Å². The zero-order valence-corrected chi connectivity index (χ0v) is 13.6. The number of nitrogens with zero attached hydrogens (tertiary/aromatic N) is 1. The topological polar surface area (TPSA) is 89.9 Å². The van der Waals surface area contributed by atoms with Crippen LogP contribution in [0.2, 0.25) is 0 Å². The van der Waals surface area contributed by atoms with E-state index in [-0.39, 0.29) is 24.4 Å². The molecule has 3 N–H and O–H groups in total. The second-order valence-corrected chi connectivity index (χ2v) is 6.57. The Morgan fingerprint density at radius 3 is 2.57 bits per heavy atom. The molecular formula is C17H28N2O4. The highest BCUT2D eigenvalue weighted by Crippen LogP contribution is 2.23. The lowest BCUT2D eigenvalue weighted by molar-refractivity contribution is -0.141. The van der Waals surface area contributed by atoms with Crippen LogP contribution in [0.25, 0.3) is 0 Å². The molecule has 3 atom stereocenters. The highest BCUT2D eigenvalue weighted by Gasteiger charge is 2.46. The number of amides is 2. The van der Waals surface area contributed by atoms with Gasteiger partial charge in [-0.1, -0.05) is 25.3 Å². The van der Waals surface area contributed by atoms with E-state index in [1.807, 2.05) is 0 Å². The minimum Gasteiger partial charge on any atom is -0.388 e. The standard InChI is InChI=1S/C17H28N2O4/c1-2-3-5-10-14(21)19-11-13(20)16(22)15(19)17(23)18-12-8-6-4-7-9-12/h2,12-13,15-16,20,22H,1,3-11H2,(H,18,23)/t13-,15-,16-/m0/s1. The second-order valence-electron chi connectivity index (χ2n) is 6.57. The first-order chi connectivity index (χ1) is 11.0. The molecule has 1 aliphatic heterocycles. The molecule has 2 aliphatic rings. The molecule has 0 radical (unpaired) electrons. The number of rotatable bonds is 6. The van der Waals surface area contributed by atoms with Crippen molar-refractivity contribution in [2.45, 2.75) is 75.7 Å². The Bertz CT molecular complexity index is 434. The third kappa shape index (κ3) is 4.54. The van der Waals surface area contributed by atoms with Crippen LogP contribution in [0.1, 0.15) is 51.4 Å². The number of likely N-dealkylation sites (tertiary alicyclic amines) is 1. The fraction of sp³-hybridized carbons (Fsp3) is 0.765. The molecule has 2 amide bonds. The SMILES string of the molecule is C=CCCCC(=O)N1C[C@H](O)[C@H](O)[C@H]1C(=O)NC1CCCCC1. The maximum atomic E-state index is 12.5. The quantitative estimate of drug-likeness (QED) is 0.496. The van der Waals surface area contributed by atoms with Crippen molar-refractivity contribution in [3.8, 4) is 0 Å². The molecule has 2 fully saturated rings. The van der Waals surface area contributed by atoms with Crippen LogP contribution in [0.3, 0.4) is 0 Å². The van der Waals surface area contributed by atoms with Gasteiger partial charge in [-0.15, -0.1) is 6.58 Å². The Balaban J connectivity index is 1.97. The van der Waals surface area contributed by atoms with Gasteiger partial charge >= 0.3 is 0 Å². The summed E-state index contributed by atoms with van der Waals surface area (Å²) in [5.41, 5.74) is 0. The zero-order valence-electron chi connectivity index (χ0n) is 13.6. The molecule has 6 nitrogen and oxygen atoms in total. The van der Waals surface area contributed by atoms with E-state index in [2.05, 4.69) is 11.9 Å². The number of aliphatic hydroxyl groups is 2. The fourth-order valence-electron chi connectivity index (χ4n) is 3.45. The summed E-state index contributed by atoms with van der Waals surface area (Å²) < 4.78 is 0. The summed E-state index contributed by atoms with van der Waals surface area (Å²) in [7, 11) is 0. The monoisotopic (exact) mass is 324 g/mol. The lowest BCUT2D eigenvalue weighted by atomic mass is 9.95.